The second kappa shape index (κ2) is 12.0. The van der Waals surface area contributed by atoms with E-state index < -0.39 is 0 Å². The summed E-state index contributed by atoms with van der Waals surface area (Å²) in [4.78, 5) is 24.8. The molecule has 6 aromatic carbocycles. The smallest absolute Gasteiger partial charge is 0.164 e. The average Bonchev–Trinajstić information content (AvgIpc) is 3.15. The van der Waals surface area contributed by atoms with Crippen molar-refractivity contribution in [3.63, 3.8) is 0 Å². The normalized spacial score (nSPS) is 11.0. The summed E-state index contributed by atoms with van der Waals surface area (Å²) in [5.74, 6) is 1.88. The summed E-state index contributed by atoms with van der Waals surface area (Å²) in [6, 6.07) is 55.2. The van der Waals surface area contributed by atoms with E-state index in [-0.39, 0.29) is 0 Å². The zero-order chi connectivity index (χ0) is 30.7. The molecule has 0 saturated heterocycles. The third-order valence-electron chi connectivity index (χ3n) is 7.95. The fourth-order valence-corrected chi connectivity index (χ4v) is 5.57. The lowest BCUT2D eigenvalue weighted by Gasteiger charge is -2.12. The Labute approximate surface area is 267 Å². The molecule has 0 spiro atoms. The predicted molar refractivity (Wildman–Crippen MR) is 186 cm³/mol. The van der Waals surface area contributed by atoms with Crippen molar-refractivity contribution in [3.05, 3.63) is 164 Å². The Bertz CT molecular complexity index is 2210. The molecule has 0 aliphatic heterocycles. The lowest BCUT2D eigenvalue weighted by molar-refractivity contribution is 1.07. The van der Waals surface area contributed by atoms with E-state index in [2.05, 4.69) is 60.7 Å². The first-order valence-corrected chi connectivity index (χ1v) is 15.2. The monoisotopic (exact) mass is 589 g/mol. The molecule has 5 heteroatoms. The third kappa shape index (κ3) is 5.42. The molecule has 0 aliphatic carbocycles. The molecule has 216 valence electrons. The minimum absolute atomic E-state index is 0.612. The van der Waals surface area contributed by atoms with Gasteiger partial charge in [-0.25, -0.2) is 24.9 Å². The van der Waals surface area contributed by atoms with E-state index in [4.69, 9.17) is 24.9 Å². The molecule has 8 rings (SSSR count). The number of fused-ring (bicyclic) bond motifs is 1. The van der Waals surface area contributed by atoms with Crippen molar-refractivity contribution in [2.75, 3.05) is 0 Å². The van der Waals surface area contributed by atoms with Crippen LogP contribution in [-0.2, 0) is 0 Å². The molecule has 46 heavy (non-hydrogen) atoms. The highest BCUT2D eigenvalue weighted by Crippen LogP contribution is 2.34. The van der Waals surface area contributed by atoms with E-state index in [9.17, 15) is 0 Å². The Morgan fingerprint density at radius 2 is 0.500 bits per heavy atom. The number of hydrogen-bond donors (Lipinski definition) is 0. The van der Waals surface area contributed by atoms with Crippen LogP contribution in [0.4, 0.5) is 0 Å². The van der Waals surface area contributed by atoms with Crippen molar-refractivity contribution in [2.24, 2.45) is 0 Å². The molecule has 0 fully saturated rings. The molecular weight excluding hydrogens is 562 g/mol. The van der Waals surface area contributed by atoms with Crippen molar-refractivity contribution in [2.45, 2.75) is 0 Å². The van der Waals surface area contributed by atoms with E-state index in [1.807, 2.05) is 103 Å². The van der Waals surface area contributed by atoms with Gasteiger partial charge >= 0.3 is 0 Å². The molecule has 2 aromatic heterocycles. The maximum Gasteiger partial charge on any atom is 0.164 e. The maximum atomic E-state index is 5.11. The summed E-state index contributed by atoms with van der Waals surface area (Å²) < 4.78 is 0. The van der Waals surface area contributed by atoms with E-state index in [1.165, 1.54) is 5.56 Å². The van der Waals surface area contributed by atoms with Gasteiger partial charge in [-0.05, 0) is 23.3 Å². The van der Waals surface area contributed by atoms with Crippen molar-refractivity contribution in [1.29, 1.82) is 0 Å². The van der Waals surface area contributed by atoms with Gasteiger partial charge in [0.05, 0.1) is 22.4 Å². The van der Waals surface area contributed by atoms with Crippen molar-refractivity contribution < 1.29 is 0 Å². The molecule has 0 N–H and O–H groups in total. The number of aromatic nitrogens is 5. The van der Waals surface area contributed by atoms with E-state index in [0.29, 0.717) is 17.5 Å². The van der Waals surface area contributed by atoms with Gasteiger partial charge in [-0.3, -0.25) is 0 Å². The molecule has 5 nitrogen and oxygen atoms in total. The van der Waals surface area contributed by atoms with Crippen LogP contribution < -0.4 is 0 Å². The summed E-state index contributed by atoms with van der Waals surface area (Å²) in [5.41, 5.74) is 10.4. The summed E-state index contributed by atoms with van der Waals surface area (Å²) in [7, 11) is 0. The summed E-state index contributed by atoms with van der Waals surface area (Å²) in [5, 5.41) is 0. The molecule has 0 aliphatic rings. The van der Waals surface area contributed by atoms with Crippen molar-refractivity contribution >= 4 is 11.0 Å². The van der Waals surface area contributed by atoms with Crippen LogP contribution in [0.5, 0.6) is 0 Å². The highest BCUT2D eigenvalue weighted by atomic mass is 15.0. The average molecular weight is 590 g/mol. The zero-order valence-electron chi connectivity index (χ0n) is 24.8. The van der Waals surface area contributed by atoms with E-state index >= 15 is 0 Å². The van der Waals surface area contributed by atoms with Crippen LogP contribution in [0.1, 0.15) is 0 Å². The zero-order valence-corrected chi connectivity index (χ0v) is 24.8. The van der Waals surface area contributed by atoms with E-state index in [0.717, 1.165) is 55.8 Å². The molecule has 0 saturated carbocycles. The second-order valence-corrected chi connectivity index (χ2v) is 11.0. The minimum Gasteiger partial charge on any atom is -0.244 e. The van der Waals surface area contributed by atoms with Gasteiger partial charge in [0.1, 0.15) is 0 Å². The molecule has 2 heterocycles. The Kier molecular flexibility index (Phi) is 7.09. The standard InChI is InChI=1S/C41H27N5/c1-4-12-28(13-5-1)29-20-22-30(23-21-29)37-38(43-36-19-11-10-18-35(36)42-37)31-24-26-34(27-25-31)41-45-39(32-14-6-2-7-15-32)44-40(46-41)33-16-8-3-9-17-33/h1-27H. The quantitative estimate of drug-likeness (QED) is 0.193. The van der Waals surface area contributed by atoms with Gasteiger partial charge in [0.25, 0.3) is 0 Å². The number of nitrogens with zero attached hydrogens (tertiary/aromatic N) is 5. The van der Waals surface area contributed by atoms with Crippen LogP contribution in [-0.4, -0.2) is 24.9 Å². The van der Waals surface area contributed by atoms with Gasteiger partial charge in [-0.2, -0.15) is 0 Å². The van der Waals surface area contributed by atoms with Gasteiger partial charge in [-0.1, -0.05) is 152 Å². The van der Waals surface area contributed by atoms with Crippen LogP contribution in [0.3, 0.4) is 0 Å². The van der Waals surface area contributed by atoms with Gasteiger partial charge in [0, 0.05) is 27.8 Å². The summed E-state index contributed by atoms with van der Waals surface area (Å²) in [6.07, 6.45) is 0. The first kappa shape index (κ1) is 27.2. The SMILES string of the molecule is c1ccc(-c2ccc(-c3nc4ccccc4nc3-c3ccc(-c4nc(-c5ccccc5)nc(-c5ccccc5)n4)cc3)cc2)cc1. The fraction of sp³-hybridized carbons (Fsp3) is 0. The lowest BCUT2D eigenvalue weighted by Crippen LogP contribution is -2.00. The Hall–Kier alpha value is -6.33. The van der Waals surface area contributed by atoms with E-state index in [1.54, 1.807) is 0 Å². The second-order valence-electron chi connectivity index (χ2n) is 11.0. The largest absolute Gasteiger partial charge is 0.244 e. The van der Waals surface area contributed by atoms with Gasteiger partial charge in [0.15, 0.2) is 17.5 Å². The van der Waals surface area contributed by atoms with Crippen LogP contribution in [0.15, 0.2) is 164 Å². The molecule has 0 amide bonds. The molecule has 0 bridgehead atoms. The molecule has 0 atom stereocenters. The minimum atomic E-state index is 0.612. The Morgan fingerprint density at radius 3 is 0.913 bits per heavy atom. The molecule has 0 radical (unpaired) electrons. The number of benzene rings is 6. The molecule has 8 aromatic rings. The fourth-order valence-electron chi connectivity index (χ4n) is 5.57. The first-order valence-electron chi connectivity index (χ1n) is 15.2. The maximum absolute atomic E-state index is 5.11. The van der Waals surface area contributed by atoms with Crippen molar-refractivity contribution in [1.82, 2.24) is 24.9 Å². The lowest BCUT2D eigenvalue weighted by atomic mass is 9.99. The number of para-hydroxylation sites is 2. The van der Waals surface area contributed by atoms with Gasteiger partial charge in [0.2, 0.25) is 0 Å². The highest BCUT2D eigenvalue weighted by Gasteiger charge is 2.16. The molecular formula is C41H27N5. The van der Waals surface area contributed by atoms with Crippen LogP contribution in [0.25, 0.3) is 78.8 Å². The third-order valence-corrected chi connectivity index (χ3v) is 7.95. The first-order chi connectivity index (χ1) is 22.8. The predicted octanol–water partition coefficient (Wildman–Crippen LogP) is 9.82. The summed E-state index contributed by atoms with van der Waals surface area (Å²) >= 11 is 0. The number of rotatable bonds is 6. The highest BCUT2D eigenvalue weighted by molar-refractivity contribution is 5.87. The van der Waals surface area contributed by atoms with Crippen LogP contribution >= 0.6 is 0 Å². The van der Waals surface area contributed by atoms with Gasteiger partial charge < -0.3 is 0 Å². The van der Waals surface area contributed by atoms with Crippen LogP contribution in [0.2, 0.25) is 0 Å². The number of hydrogen-bond acceptors (Lipinski definition) is 5. The summed E-state index contributed by atoms with van der Waals surface area (Å²) in [6.45, 7) is 0. The Morgan fingerprint density at radius 1 is 0.217 bits per heavy atom. The topological polar surface area (TPSA) is 64.5 Å². The Balaban J connectivity index is 1.21. The molecule has 0 unspecified atom stereocenters. The van der Waals surface area contributed by atoms with Crippen molar-refractivity contribution in [3.8, 4) is 67.8 Å². The van der Waals surface area contributed by atoms with Gasteiger partial charge in [-0.15, -0.1) is 0 Å². The van der Waals surface area contributed by atoms with Crippen LogP contribution in [0, 0.1) is 0 Å².